The lowest BCUT2D eigenvalue weighted by Crippen LogP contribution is -2.55. The van der Waals surface area contributed by atoms with Gasteiger partial charge in [-0.1, -0.05) is 6.92 Å². The normalized spacial score (nSPS) is 26.3. The number of carbonyl (C=O) groups excluding carboxylic acids is 2. The number of hydrogen-bond acceptors (Lipinski definition) is 4. The summed E-state index contributed by atoms with van der Waals surface area (Å²) in [6.07, 6.45) is 0.102. The molecule has 2 aliphatic rings. The summed E-state index contributed by atoms with van der Waals surface area (Å²) in [6.45, 7) is 3.82. The lowest BCUT2D eigenvalue weighted by Gasteiger charge is -2.40. The molecule has 0 aromatic rings. The van der Waals surface area contributed by atoms with Crippen LogP contribution in [0.5, 0.6) is 0 Å². The Kier molecular flexibility index (Phi) is 4.15. The van der Waals surface area contributed by atoms with Crippen LogP contribution in [0.2, 0.25) is 0 Å². The van der Waals surface area contributed by atoms with E-state index in [1.165, 1.54) is 7.11 Å². The van der Waals surface area contributed by atoms with Gasteiger partial charge in [0.1, 0.15) is 0 Å². The molecule has 0 aromatic heterocycles. The molecule has 0 aliphatic carbocycles. The van der Waals surface area contributed by atoms with Crippen molar-refractivity contribution in [3.8, 4) is 0 Å². The number of carboxylic acid groups (broad SMARTS) is 1. The van der Waals surface area contributed by atoms with E-state index in [4.69, 9.17) is 9.84 Å². The van der Waals surface area contributed by atoms with Crippen molar-refractivity contribution in [2.75, 3.05) is 33.3 Å². The zero-order valence-electron chi connectivity index (χ0n) is 11.7. The SMILES string of the molecule is COC(=O)C1CN(C(=O)N2CC(CC(=O)O)C2)CC1C. The van der Waals surface area contributed by atoms with Crippen LogP contribution >= 0.6 is 0 Å². The largest absolute Gasteiger partial charge is 0.481 e. The number of methoxy groups -OCH3 is 1. The van der Waals surface area contributed by atoms with E-state index in [0.29, 0.717) is 26.2 Å². The lowest BCUT2D eigenvalue weighted by molar-refractivity contribution is -0.146. The Morgan fingerprint density at radius 2 is 1.75 bits per heavy atom. The first kappa shape index (κ1) is 14.6. The quantitative estimate of drug-likeness (QED) is 0.751. The van der Waals surface area contributed by atoms with Crippen LogP contribution in [-0.2, 0) is 14.3 Å². The smallest absolute Gasteiger partial charge is 0.320 e. The van der Waals surface area contributed by atoms with Crippen molar-refractivity contribution in [1.29, 1.82) is 0 Å². The van der Waals surface area contributed by atoms with Gasteiger partial charge in [0.05, 0.1) is 19.4 Å². The number of likely N-dealkylation sites (tertiary alicyclic amines) is 2. The first-order chi connectivity index (χ1) is 9.42. The zero-order valence-corrected chi connectivity index (χ0v) is 11.7. The Morgan fingerprint density at radius 1 is 1.15 bits per heavy atom. The van der Waals surface area contributed by atoms with Gasteiger partial charge in [0.2, 0.25) is 0 Å². The minimum Gasteiger partial charge on any atom is -0.481 e. The summed E-state index contributed by atoms with van der Waals surface area (Å²) in [7, 11) is 1.35. The molecular formula is C13H20N2O5. The Bertz CT molecular complexity index is 419. The summed E-state index contributed by atoms with van der Waals surface area (Å²) in [5.74, 6) is -1.24. The van der Waals surface area contributed by atoms with E-state index >= 15 is 0 Å². The second-order valence-electron chi connectivity index (χ2n) is 5.66. The highest BCUT2D eigenvalue weighted by Gasteiger charge is 2.41. The van der Waals surface area contributed by atoms with Crippen LogP contribution in [0.25, 0.3) is 0 Å². The molecule has 2 saturated heterocycles. The fourth-order valence-corrected chi connectivity index (χ4v) is 2.88. The molecule has 2 atom stereocenters. The number of ether oxygens (including phenoxy) is 1. The molecule has 1 N–H and O–H groups in total. The fourth-order valence-electron chi connectivity index (χ4n) is 2.88. The van der Waals surface area contributed by atoms with Crippen molar-refractivity contribution < 1.29 is 24.2 Å². The number of aliphatic carboxylic acids is 1. The topological polar surface area (TPSA) is 87.2 Å². The van der Waals surface area contributed by atoms with E-state index in [1.54, 1.807) is 9.80 Å². The molecule has 20 heavy (non-hydrogen) atoms. The molecule has 2 amide bonds. The van der Waals surface area contributed by atoms with Crippen LogP contribution < -0.4 is 0 Å². The highest BCUT2D eigenvalue weighted by Crippen LogP contribution is 2.27. The molecule has 0 spiro atoms. The average Bonchev–Trinajstić information content (AvgIpc) is 2.73. The van der Waals surface area contributed by atoms with Crippen LogP contribution in [0.4, 0.5) is 4.79 Å². The van der Waals surface area contributed by atoms with Crippen molar-refractivity contribution in [3.63, 3.8) is 0 Å². The molecule has 0 aromatic carbocycles. The molecule has 0 saturated carbocycles. The van der Waals surface area contributed by atoms with Crippen LogP contribution in [-0.4, -0.2) is 66.2 Å². The van der Waals surface area contributed by atoms with Gasteiger partial charge < -0.3 is 19.6 Å². The summed E-state index contributed by atoms with van der Waals surface area (Å²) in [4.78, 5) is 37.7. The number of carbonyl (C=O) groups is 3. The van der Waals surface area contributed by atoms with Crippen molar-refractivity contribution >= 4 is 18.0 Å². The summed E-state index contributed by atoms with van der Waals surface area (Å²) < 4.78 is 4.74. The standard InChI is InChI=1S/C13H20N2O5/c1-8-4-14(7-10(8)12(18)20-2)13(19)15-5-9(6-15)3-11(16)17/h8-10H,3-7H2,1-2H3,(H,16,17). The van der Waals surface area contributed by atoms with E-state index in [0.717, 1.165) is 0 Å². The number of esters is 1. The van der Waals surface area contributed by atoms with Gasteiger partial charge in [-0.25, -0.2) is 4.79 Å². The molecule has 0 radical (unpaired) electrons. The van der Waals surface area contributed by atoms with Crippen LogP contribution in [0.15, 0.2) is 0 Å². The Hall–Kier alpha value is -1.79. The van der Waals surface area contributed by atoms with Crippen LogP contribution in [0.3, 0.4) is 0 Å². The summed E-state index contributed by atoms with van der Waals surface area (Å²) in [5.41, 5.74) is 0. The average molecular weight is 284 g/mol. The fraction of sp³-hybridized carbons (Fsp3) is 0.769. The maximum Gasteiger partial charge on any atom is 0.320 e. The molecule has 7 heteroatoms. The third-order valence-corrected chi connectivity index (χ3v) is 4.08. The minimum atomic E-state index is -0.831. The number of nitrogens with zero attached hydrogens (tertiary/aromatic N) is 2. The Morgan fingerprint density at radius 3 is 2.30 bits per heavy atom. The lowest BCUT2D eigenvalue weighted by atomic mass is 9.97. The van der Waals surface area contributed by atoms with Gasteiger partial charge >= 0.3 is 18.0 Å². The predicted molar refractivity (Wildman–Crippen MR) is 69.0 cm³/mol. The first-order valence-electron chi connectivity index (χ1n) is 6.75. The second kappa shape index (κ2) is 5.68. The maximum absolute atomic E-state index is 12.2. The van der Waals surface area contributed by atoms with E-state index in [2.05, 4.69) is 0 Å². The van der Waals surface area contributed by atoms with Gasteiger partial charge in [-0.05, 0) is 5.92 Å². The number of urea groups is 1. The Balaban J connectivity index is 1.83. The molecule has 2 rings (SSSR count). The van der Waals surface area contributed by atoms with Gasteiger partial charge in [-0.2, -0.15) is 0 Å². The Labute approximate surface area is 117 Å². The number of rotatable bonds is 3. The zero-order chi connectivity index (χ0) is 14.9. The molecule has 0 bridgehead atoms. The maximum atomic E-state index is 12.2. The van der Waals surface area contributed by atoms with Gasteiger partial charge in [0.25, 0.3) is 0 Å². The van der Waals surface area contributed by atoms with Crippen molar-refractivity contribution in [2.24, 2.45) is 17.8 Å². The van der Waals surface area contributed by atoms with Crippen molar-refractivity contribution in [3.05, 3.63) is 0 Å². The van der Waals surface area contributed by atoms with E-state index < -0.39 is 5.97 Å². The van der Waals surface area contributed by atoms with Crippen molar-refractivity contribution in [2.45, 2.75) is 13.3 Å². The van der Waals surface area contributed by atoms with Gasteiger partial charge in [0.15, 0.2) is 0 Å². The molecule has 7 nitrogen and oxygen atoms in total. The highest BCUT2D eigenvalue weighted by molar-refractivity contribution is 5.79. The molecule has 2 heterocycles. The van der Waals surface area contributed by atoms with E-state index in [-0.39, 0.29) is 36.2 Å². The predicted octanol–water partition coefficient (Wildman–Crippen LogP) is 0.254. The van der Waals surface area contributed by atoms with Crippen LogP contribution in [0, 0.1) is 17.8 Å². The first-order valence-corrected chi connectivity index (χ1v) is 6.75. The van der Waals surface area contributed by atoms with E-state index in [1.807, 2.05) is 6.92 Å². The summed E-state index contributed by atoms with van der Waals surface area (Å²) >= 11 is 0. The molecular weight excluding hydrogens is 264 g/mol. The minimum absolute atomic E-state index is 0.0490. The monoisotopic (exact) mass is 284 g/mol. The molecule has 2 unspecified atom stereocenters. The van der Waals surface area contributed by atoms with E-state index in [9.17, 15) is 14.4 Å². The van der Waals surface area contributed by atoms with Gasteiger partial charge in [-0.3, -0.25) is 9.59 Å². The number of hydrogen-bond donors (Lipinski definition) is 1. The van der Waals surface area contributed by atoms with Crippen LogP contribution in [0.1, 0.15) is 13.3 Å². The number of amides is 2. The highest BCUT2D eigenvalue weighted by atomic mass is 16.5. The molecule has 2 aliphatic heterocycles. The van der Waals surface area contributed by atoms with Gasteiger partial charge in [0, 0.05) is 32.1 Å². The van der Waals surface area contributed by atoms with Crippen molar-refractivity contribution in [1.82, 2.24) is 9.80 Å². The number of carboxylic acids is 1. The third kappa shape index (κ3) is 2.86. The molecule has 112 valence electrons. The summed E-state index contributed by atoms with van der Waals surface area (Å²) in [6, 6.07) is -0.107. The molecule has 2 fully saturated rings. The third-order valence-electron chi connectivity index (χ3n) is 4.08. The summed E-state index contributed by atoms with van der Waals surface area (Å²) in [5, 5.41) is 8.68. The van der Waals surface area contributed by atoms with Gasteiger partial charge in [-0.15, -0.1) is 0 Å². The second-order valence-corrected chi connectivity index (χ2v) is 5.66.